The molecule has 1 rings (SSSR count). The zero-order valence-electron chi connectivity index (χ0n) is 9.20. The summed E-state index contributed by atoms with van der Waals surface area (Å²) in [7, 11) is 0. The summed E-state index contributed by atoms with van der Waals surface area (Å²) in [5.74, 6) is 0.720. The molecule has 0 aromatic heterocycles. The van der Waals surface area contributed by atoms with E-state index in [1.165, 1.54) is 0 Å². The van der Waals surface area contributed by atoms with Crippen molar-refractivity contribution in [1.82, 2.24) is 5.32 Å². The van der Waals surface area contributed by atoms with Crippen LogP contribution >= 0.6 is 0 Å². The summed E-state index contributed by atoms with van der Waals surface area (Å²) in [6, 6.07) is 0. The standard InChI is InChI=1S/C12H21NO/c1-11(2)10-13-8-5-7-12-6-3-4-9-14-12/h4-5,7,9,11-13H,3,6,8,10H2,1-2H3. The summed E-state index contributed by atoms with van der Waals surface area (Å²) in [5, 5.41) is 3.36. The maximum absolute atomic E-state index is 5.41. The summed E-state index contributed by atoms with van der Waals surface area (Å²) < 4.78 is 5.41. The number of ether oxygens (including phenoxy) is 1. The highest BCUT2D eigenvalue weighted by molar-refractivity contribution is 4.96. The van der Waals surface area contributed by atoms with Gasteiger partial charge in [0.15, 0.2) is 0 Å². The van der Waals surface area contributed by atoms with Crippen molar-refractivity contribution >= 4 is 0 Å². The van der Waals surface area contributed by atoms with Gasteiger partial charge in [-0.15, -0.1) is 0 Å². The van der Waals surface area contributed by atoms with Crippen LogP contribution in [0.2, 0.25) is 0 Å². The smallest absolute Gasteiger partial charge is 0.116 e. The molecule has 0 amide bonds. The van der Waals surface area contributed by atoms with Crippen molar-refractivity contribution in [2.45, 2.75) is 32.8 Å². The summed E-state index contributed by atoms with van der Waals surface area (Å²) in [5.41, 5.74) is 0. The van der Waals surface area contributed by atoms with Gasteiger partial charge in [-0.1, -0.05) is 19.9 Å². The van der Waals surface area contributed by atoms with E-state index in [0.29, 0.717) is 6.10 Å². The molecule has 2 heteroatoms. The van der Waals surface area contributed by atoms with Gasteiger partial charge in [0.25, 0.3) is 0 Å². The molecule has 1 atom stereocenters. The number of rotatable bonds is 5. The summed E-state index contributed by atoms with van der Waals surface area (Å²) in [6.45, 7) is 6.45. The lowest BCUT2D eigenvalue weighted by Gasteiger charge is -2.15. The maximum Gasteiger partial charge on any atom is 0.116 e. The van der Waals surface area contributed by atoms with E-state index in [4.69, 9.17) is 4.74 Å². The van der Waals surface area contributed by atoms with Crippen LogP contribution in [0, 0.1) is 5.92 Å². The molecule has 0 radical (unpaired) electrons. The van der Waals surface area contributed by atoms with Gasteiger partial charge in [-0.25, -0.2) is 0 Å². The van der Waals surface area contributed by atoms with Crippen molar-refractivity contribution in [3.05, 3.63) is 24.5 Å². The van der Waals surface area contributed by atoms with E-state index >= 15 is 0 Å². The monoisotopic (exact) mass is 195 g/mol. The third kappa shape index (κ3) is 5.07. The molecule has 14 heavy (non-hydrogen) atoms. The lowest BCUT2D eigenvalue weighted by atomic mass is 10.1. The molecule has 0 spiro atoms. The molecule has 1 N–H and O–H groups in total. The molecule has 0 fully saturated rings. The third-order valence-electron chi connectivity index (χ3n) is 2.13. The fourth-order valence-corrected chi connectivity index (χ4v) is 1.37. The van der Waals surface area contributed by atoms with Crippen LogP contribution in [0.4, 0.5) is 0 Å². The molecule has 0 bridgehead atoms. The average molecular weight is 195 g/mol. The summed E-state index contributed by atoms with van der Waals surface area (Å²) in [4.78, 5) is 0. The van der Waals surface area contributed by atoms with Crippen LogP contribution in [0.5, 0.6) is 0 Å². The van der Waals surface area contributed by atoms with Crippen LogP contribution < -0.4 is 5.32 Å². The molecule has 0 saturated carbocycles. The highest BCUT2D eigenvalue weighted by Crippen LogP contribution is 2.10. The van der Waals surface area contributed by atoms with Crippen molar-refractivity contribution < 1.29 is 4.74 Å². The first-order valence-corrected chi connectivity index (χ1v) is 5.47. The minimum Gasteiger partial charge on any atom is -0.494 e. The van der Waals surface area contributed by atoms with E-state index in [9.17, 15) is 0 Å². The normalized spacial score (nSPS) is 21.8. The SMILES string of the molecule is CC(C)CNCC=CC1CCC=CO1. The minimum absolute atomic E-state index is 0.292. The quantitative estimate of drug-likeness (QED) is 0.537. The predicted molar refractivity (Wildman–Crippen MR) is 60.1 cm³/mol. The van der Waals surface area contributed by atoms with Crippen molar-refractivity contribution in [3.63, 3.8) is 0 Å². The van der Waals surface area contributed by atoms with E-state index in [-0.39, 0.29) is 0 Å². The Morgan fingerprint density at radius 1 is 1.57 bits per heavy atom. The molecule has 1 unspecified atom stereocenters. The highest BCUT2D eigenvalue weighted by atomic mass is 16.5. The molecule has 1 aliphatic rings. The molecule has 0 aromatic carbocycles. The van der Waals surface area contributed by atoms with E-state index in [2.05, 4.69) is 37.4 Å². The topological polar surface area (TPSA) is 21.3 Å². The van der Waals surface area contributed by atoms with E-state index in [1.54, 1.807) is 6.26 Å². The second-order valence-electron chi connectivity index (χ2n) is 4.10. The van der Waals surface area contributed by atoms with Gasteiger partial charge in [0.05, 0.1) is 6.26 Å². The lowest BCUT2D eigenvalue weighted by Crippen LogP contribution is -2.20. The van der Waals surface area contributed by atoms with Crippen molar-refractivity contribution in [3.8, 4) is 0 Å². The van der Waals surface area contributed by atoms with Crippen LogP contribution in [0.25, 0.3) is 0 Å². The van der Waals surface area contributed by atoms with Gasteiger partial charge in [0, 0.05) is 6.54 Å². The zero-order chi connectivity index (χ0) is 10.2. The van der Waals surface area contributed by atoms with Crippen LogP contribution in [-0.2, 0) is 4.74 Å². The molecule has 0 saturated heterocycles. The molecular weight excluding hydrogens is 174 g/mol. The van der Waals surface area contributed by atoms with Crippen LogP contribution in [-0.4, -0.2) is 19.2 Å². The third-order valence-corrected chi connectivity index (χ3v) is 2.13. The molecule has 1 aliphatic heterocycles. The number of allylic oxidation sites excluding steroid dienone is 1. The molecule has 0 aromatic rings. The van der Waals surface area contributed by atoms with Crippen molar-refractivity contribution in [2.75, 3.05) is 13.1 Å². The molecule has 1 heterocycles. The van der Waals surface area contributed by atoms with Gasteiger partial charge in [-0.3, -0.25) is 0 Å². The minimum atomic E-state index is 0.292. The first kappa shape index (κ1) is 11.3. The second-order valence-corrected chi connectivity index (χ2v) is 4.10. The largest absolute Gasteiger partial charge is 0.494 e. The Hall–Kier alpha value is -0.760. The highest BCUT2D eigenvalue weighted by Gasteiger charge is 2.05. The van der Waals surface area contributed by atoms with Gasteiger partial charge in [0.2, 0.25) is 0 Å². The number of hydrogen-bond donors (Lipinski definition) is 1. The molecule has 0 aliphatic carbocycles. The molecule has 2 nitrogen and oxygen atoms in total. The van der Waals surface area contributed by atoms with Gasteiger partial charge >= 0.3 is 0 Å². The molecule has 80 valence electrons. The van der Waals surface area contributed by atoms with Crippen LogP contribution in [0.3, 0.4) is 0 Å². The average Bonchev–Trinajstić information content (AvgIpc) is 2.18. The summed E-state index contributed by atoms with van der Waals surface area (Å²) >= 11 is 0. The second kappa shape index (κ2) is 6.66. The number of hydrogen-bond acceptors (Lipinski definition) is 2. The fraction of sp³-hybridized carbons (Fsp3) is 0.667. The molecular formula is C12H21NO. The Morgan fingerprint density at radius 3 is 3.07 bits per heavy atom. The van der Waals surface area contributed by atoms with Crippen molar-refractivity contribution in [1.29, 1.82) is 0 Å². The van der Waals surface area contributed by atoms with E-state index in [0.717, 1.165) is 31.8 Å². The van der Waals surface area contributed by atoms with Crippen LogP contribution in [0.15, 0.2) is 24.5 Å². The Morgan fingerprint density at radius 2 is 2.43 bits per heavy atom. The summed E-state index contributed by atoms with van der Waals surface area (Å²) in [6.07, 6.45) is 10.7. The zero-order valence-corrected chi connectivity index (χ0v) is 9.20. The van der Waals surface area contributed by atoms with E-state index < -0.39 is 0 Å². The fourth-order valence-electron chi connectivity index (χ4n) is 1.37. The Labute approximate surface area is 87.0 Å². The Kier molecular flexibility index (Phi) is 5.38. The Bertz CT molecular complexity index is 196. The maximum atomic E-state index is 5.41. The van der Waals surface area contributed by atoms with Crippen LogP contribution in [0.1, 0.15) is 26.7 Å². The first-order chi connectivity index (χ1) is 6.79. The van der Waals surface area contributed by atoms with E-state index in [1.807, 2.05) is 0 Å². The van der Waals surface area contributed by atoms with Gasteiger partial charge in [0.1, 0.15) is 6.10 Å². The number of nitrogens with one attached hydrogen (secondary N) is 1. The predicted octanol–water partition coefficient (Wildman–Crippen LogP) is 2.48. The lowest BCUT2D eigenvalue weighted by molar-refractivity contribution is 0.165. The Balaban J connectivity index is 2.05. The van der Waals surface area contributed by atoms with Gasteiger partial charge < -0.3 is 10.1 Å². The first-order valence-electron chi connectivity index (χ1n) is 5.47. The van der Waals surface area contributed by atoms with Crippen molar-refractivity contribution in [2.24, 2.45) is 5.92 Å². The van der Waals surface area contributed by atoms with Gasteiger partial charge in [-0.2, -0.15) is 0 Å². The van der Waals surface area contributed by atoms with Gasteiger partial charge in [-0.05, 0) is 37.5 Å².